The van der Waals surface area contributed by atoms with Crippen LogP contribution in [0.4, 0.5) is 11.4 Å². The van der Waals surface area contributed by atoms with E-state index in [9.17, 15) is 0 Å². The van der Waals surface area contributed by atoms with Gasteiger partial charge in [-0.1, -0.05) is 70.2 Å². The molecule has 0 saturated carbocycles. The summed E-state index contributed by atoms with van der Waals surface area (Å²) in [4.78, 5) is 10.2. The number of nitrogens with zero attached hydrogens (tertiary/aromatic N) is 2. The maximum absolute atomic E-state index is 5.14. The molecule has 0 N–H and O–H groups in total. The quantitative estimate of drug-likeness (QED) is 0.159. The number of hydrogen-bond donors (Lipinski definition) is 0. The molecule has 0 aromatic heterocycles. The van der Waals surface area contributed by atoms with Crippen LogP contribution in [0.5, 0.6) is 0 Å². The first kappa shape index (κ1) is 26.5. The average molecular weight is 497 g/mol. The van der Waals surface area contributed by atoms with Crippen molar-refractivity contribution < 1.29 is 20.4 Å². The van der Waals surface area contributed by atoms with Crippen LogP contribution in [0.2, 0.25) is 0 Å². The summed E-state index contributed by atoms with van der Waals surface area (Å²) < 4.78 is 0. The Balaban J connectivity index is 0.00000450. The molecule has 2 aromatic rings. The molecule has 2 rings (SSSR count). The van der Waals surface area contributed by atoms with Gasteiger partial charge in [0.05, 0.1) is 22.8 Å². The van der Waals surface area contributed by atoms with Crippen LogP contribution in [0, 0.1) is 13.8 Å². The van der Waals surface area contributed by atoms with Gasteiger partial charge in [-0.05, 0) is 74.9 Å². The average Bonchev–Trinajstić information content (AvgIpc) is 2.70. The maximum Gasteiger partial charge on any atom is 0.0639 e. The molecule has 0 amide bonds. The minimum Gasteiger partial charge on any atom is -0.252 e. The van der Waals surface area contributed by atoms with Crippen molar-refractivity contribution in [3.05, 3.63) is 59.7 Å². The molecule has 0 heterocycles. The molecule has 0 saturated heterocycles. The summed E-state index contributed by atoms with van der Waals surface area (Å²) in [7, 11) is 0. The molecule has 30 heavy (non-hydrogen) atoms. The second kappa shape index (κ2) is 15.3. The van der Waals surface area contributed by atoms with Crippen molar-refractivity contribution in [2.75, 3.05) is 0 Å². The summed E-state index contributed by atoms with van der Waals surface area (Å²) in [6.07, 6.45) is 10.6. The van der Waals surface area contributed by atoms with Crippen LogP contribution in [-0.4, -0.2) is 11.4 Å². The number of para-hydroxylation sites is 1. The van der Waals surface area contributed by atoms with Crippen molar-refractivity contribution in [2.24, 2.45) is 9.98 Å². The van der Waals surface area contributed by atoms with Gasteiger partial charge >= 0.3 is 0 Å². The Kier molecular flexibility index (Phi) is 13.5. The van der Waals surface area contributed by atoms with E-state index in [1.54, 1.807) is 0 Å². The van der Waals surface area contributed by atoms with Gasteiger partial charge in [-0.15, -0.1) is 0 Å². The molecule has 0 aliphatic rings. The van der Waals surface area contributed by atoms with Crippen LogP contribution in [0.25, 0.3) is 0 Å². The Morgan fingerprint density at radius 2 is 1.13 bits per heavy atom. The molecule has 0 spiro atoms. The van der Waals surface area contributed by atoms with Crippen molar-refractivity contribution in [1.29, 1.82) is 0 Å². The van der Waals surface area contributed by atoms with Gasteiger partial charge in [-0.3, -0.25) is 9.98 Å². The number of aliphatic imine (C=N–C) groups is 2. The SMILES string of the molecule is CCCCCCC(=Nc1cc(C)cc(C)c1)C(CCCCC)=Nc1ccccc1.[Pd]. The summed E-state index contributed by atoms with van der Waals surface area (Å²) in [5, 5.41) is 0. The van der Waals surface area contributed by atoms with E-state index in [-0.39, 0.29) is 20.4 Å². The molecule has 0 fully saturated rings. The third-order valence-electron chi connectivity index (χ3n) is 5.11. The van der Waals surface area contributed by atoms with Crippen LogP contribution in [-0.2, 0) is 20.4 Å². The molecule has 0 bridgehead atoms. The van der Waals surface area contributed by atoms with E-state index in [4.69, 9.17) is 9.98 Å². The summed E-state index contributed by atoms with van der Waals surface area (Å²) >= 11 is 0. The van der Waals surface area contributed by atoms with Gasteiger partial charge in [0.15, 0.2) is 0 Å². The largest absolute Gasteiger partial charge is 0.252 e. The van der Waals surface area contributed by atoms with Crippen LogP contribution in [0.1, 0.15) is 82.8 Å². The molecule has 0 atom stereocenters. The summed E-state index contributed by atoms with van der Waals surface area (Å²) in [5.74, 6) is 0. The van der Waals surface area contributed by atoms with Crippen molar-refractivity contribution in [1.82, 2.24) is 0 Å². The maximum atomic E-state index is 5.14. The number of benzene rings is 2. The number of hydrogen-bond acceptors (Lipinski definition) is 2. The zero-order chi connectivity index (χ0) is 20.9. The van der Waals surface area contributed by atoms with E-state index in [1.165, 1.54) is 67.5 Å². The normalized spacial score (nSPS) is 12.0. The van der Waals surface area contributed by atoms with Gasteiger partial charge in [-0.25, -0.2) is 0 Å². The second-order valence-corrected chi connectivity index (χ2v) is 8.07. The van der Waals surface area contributed by atoms with Crippen molar-refractivity contribution in [2.45, 2.75) is 85.5 Å². The first-order valence-electron chi connectivity index (χ1n) is 11.4. The third kappa shape index (κ3) is 9.97. The fourth-order valence-corrected chi connectivity index (χ4v) is 3.62. The van der Waals surface area contributed by atoms with E-state index < -0.39 is 0 Å². The van der Waals surface area contributed by atoms with Gasteiger partial charge in [0.25, 0.3) is 0 Å². The van der Waals surface area contributed by atoms with Crippen molar-refractivity contribution in [3.63, 3.8) is 0 Å². The van der Waals surface area contributed by atoms with E-state index >= 15 is 0 Å². The van der Waals surface area contributed by atoms with Crippen LogP contribution in [0.15, 0.2) is 58.5 Å². The Morgan fingerprint density at radius 3 is 1.70 bits per heavy atom. The molecule has 166 valence electrons. The van der Waals surface area contributed by atoms with Gasteiger partial charge in [0, 0.05) is 20.4 Å². The van der Waals surface area contributed by atoms with Crippen molar-refractivity contribution >= 4 is 22.8 Å². The van der Waals surface area contributed by atoms with Gasteiger partial charge in [0.1, 0.15) is 0 Å². The molecular formula is C27H38N2Pd. The van der Waals surface area contributed by atoms with Gasteiger partial charge in [0.2, 0.25) is 0 Å². The Morgan fingerprint density at radius 1 is 0.633 bits per heavy atom. The first-order chi connectivity index (χ1) is 14.1. The van der Waals surface area contributed by atoms with Crippen LogP contribution >= 0.6 is 0 Å². The molecule has 2 nitrogen and oxygen atoms in total. The Hall–Kier alpha value is -1.56. The van der Waals surface area contributed by atoms with E-state index in [0.29, 0.717) is 0 Å². The van der Waals surface area contributed by atoms with E-state index in [0.717, 1.165) is 24.2 Å². The molecular weight excluding hydrogens is 459 g/mol. The zero-order valence-electron chi connectivity index (χ0n) is 19.2. The summed E-state index contributed by atoms with van der Waals surface area (Å²) in [5.41, 5.74) is 6.96. The second-order valence-electron chi connectivity index (χ2n) is 8.07. The smallest absolute Gasteiger partial charge is 0.0639 e. The van der Waals surface area contributed by atoms with Crippen molar-refractivity contribution in [3.8, 4) is 0 Å². The Labute approximate surface area is 198 Å². The first-order valence-corrected chi connectivity index (χ1v) is 11.4. The summed E-state index contributed by atoms with van der Waals surface area (Å²) in [6.45, 7) is 8.81. The van der Waals surface area contributed by atoms with E-state index in [2.05, 4.69) is 70.2 Å². The third-order valence-corrected chi connectivity index (χ3v) is 5.11. The molecule has 0 aliphatic carbocycles. The van der Waals surface area contributed by atoms with Gasteiger partial charge < -0.3 is 0 Å². The molecule has 0 aliphatic heterocycles. The molecule has 2 aromatic carbocycles. The monoisotopic (exact) mass is 496 g/mol. The fraction of sp³-hybridized carbons (Fsp3) is 0.481. The molecule has 3 heteroatoms. The zero-order valence-corrected chi connectivity index (χ0v) is 20.7. The van der Waals surface area contributed by atoms with Crippen LogP contribution in [0.3, 0.4) is 0 Å². The topological polar surface area (TPSA) is 24.7 Å². The number of unbranched alkanes of at least 4 members (excludes halogenated alkanes) is 5. The standard InChI is InChI=1S/C27H38N2.Pd/c1-5-7-9-14-18-27(29-25-20-22(3)19-23(4)21-25)26(17-11-8-6-2)28-24-15-12-10-13-16-24;/h10,12-13,15-16,19-21H,5-9,11,14,17-18H2,1-4H3;. The minimum atomic E-state index is 0. The molecule has 0 radical (unpaired) electrons. The predicted octanol–water partition coefficient (Wildman–Crippen LogP) is 8.70. The predicted molar refractivity (Wildman–Crippen MR) is 129 cm³/mol. The van der Waals surface area contributed by atoms with Gasteiger partial charge in [-0.2, -0.15) is 0 Å². The fourth-order valence-electron chi connectivity index (χ4n) is 3.62. The molecule has 0 unspecified atom stereocenters. The Bertz CT molecular complexity index is 774. The minimum absolute atomic E-state index is 0. The number of aryl methyl sites for hydroxylation is 2. The number of rotatable bonds is 12. The van der Waals surface area contributed by atoms with Crippen LogP contribution < -0.4 is 0 Å². The van der Waals surface area contributed by atoms with E-state index in [1.807, 2.05) is 6.07 Å². The summed E-state index contributed by atoms with van der Waals surface area (Å²) in [6, 6.07) is 16.9.